The van der Waals surface area contributed by atoms with Gasteiger partial charge in [0.05, 0.1) is 25.6 Å². The zero-order chi connectivity index (χ0) is 51.9. The zero-order valence-corrected chi connectivity index (χ0v) is 43.8. The van der Waals surface area contributed by atoms with Crippen LogP contribution in [0.4, 0.5) is 0 Å². The van der Waals surface area contributed by atoms with Gasteiger partial charge >= 0.3 is 0 Å². The Bertz CT molecular complexity index is 1920. The molecular weight excluding hydrogens is 885 g/mol. The summed E-state index contributed by atoms with van der Waals surface area (Å²) in [6.07, 6.45) is 18.2. The van der Waals surface area contributed by atoms with Crippen LogP contribution in [0, 0.1) is 5.92 Å². The average molecular weight is 973 g/mol. The largest absolute Gasteiger partial charge is 0.462 e. The molecule has 3 fully saturated rings. The molecule has 5 amide bonds. The number of nitrogens with one attached hydrogen (secondary N) is 5. The third-order valence-electron chi connectivity index (χ3n) is 12.5. The second-order valence-corrected chi connectivity index (χ2v) is 19.5. The second kappa shape index (κ2) is 33.9. The Kier molecular flexibility index (Phi) is 29.4. The normalized spacial score (nSPS) is 16.6. The Morgan fingerprint density at radius 2 is 1.56 bits per heavy atom. The fraction of sp³-hybridized carbons (Fsp3) is 0.607. The summed E-state index contributed by atoms with van der Waals surface area (Å²) in [5, 5.41) is 22.6. The van der Waals surface area contributed by atoms with Crippen molar-refractivity contribution in [2.45, 2.75) is 181 Å². The molecule has 3 unspecified atom stereocenters. The van der Waals surface area contributed by atoms with Gasteiger partial charge in [-0.2, -0.15) is 0 Å². The average Bonchev–Trinajstić information content (AvgIpc) is 3.82. The fourth-order valence-corrected chi connectivity index (χ4v) is 8.21. The highest BCUT2D eigenvalue weighted by molar-refractivity contribution is 5.96. The molecule has 1 saturated heterocycles. The van der Waals surface area contributed by atoms with Crippen molar-refractivity contribution in [3.63, 3.8) is 0 Å². The SMILES string of the molecule is C=C(C(=O)NC/C(=C\CC)NC(C(=O)NC)c1ccccc1)C(CCC)NC(=O)C1CCCN1C(=O)CNC(=O)Cc1cccc(C2CCC2)c1.CC(C)(C)OC=O.CC1CCCCC1.CCCCO. The molecule has 0 spiro atoms. The molecule has 5 rings (SSSR count). The summed E-state index contributed by atoms with van der Waals surface area (Å²) in [7, 11) is 1.58. The van der Waals surface area contributed by atoms with Gasteiger partial charge in [0.15, 0.2) is 0 Å². The van der Waals surface area contributed by atoms with E-state index in [1.165, 1.54) is 61.8 Å². The third-order valence-corrected chi connectivity index (χ3v) is 12.5. The van der Waals surface area contributed by atoms with Crippen molar-refractivity contribution in [1.82, 2.24) is 31.5 Å². The highest BCUT2D eigenvalue weighted by Gasteiger charge is 2.35. The van der Waals surface area contributed by atoms with E-state index in [0.29, 0.717) is 63.3 Å². The molecule has 1 aliphatic heterocycles. The van der Waals surface area contributed by atoms with E-state index in [9.17, 15) is 28.8 Å². The molecule has 3 aliphatic rings. The first-order valence-electron chi connectivity index (χ1n) is 25.9. The van der Waals surface area contributed by atoms with Gasteiger partial charge in [0.2, 0.25) is 29.5 Å². The summed E-state index contributed by atoms with van der Waals surface area (Å²) in [5.41, 5.74) is 3.52. The monoisotopic (exact) mass is 973 g/mol. The highest BCUT2D eigenvalue weighted by Crippen LogP contribution is 2.36. The minimum absolute atomic E-state index is 0.126. The molecule has 0 aromatic heterocycles. The number of aliphatic hydroxyl groups excluding tert-OH is 1. The van der Waals surface area contributed by atoms with Crippen LogP contribution in [0.3, 0.4) is 0 Å². The number of benzene rings is 2. The quantitative estimate of drug-likeness (QED) is 0.0528. The van der Waals surface area contributed by atoms with Crippen LogP contribution < -0.4 is 26.6 Å². The first-order valence-corrected chi connectivity index (χ1v) is 25.9. The number of amides is 5. The number of carbonyl (C=O) groups is 6. The molecule has 3 atom stereocenters. The highest BCUT2D eigenvalue weighted by atomic mass is 16.5. The molecule has 14 nitrogen and oxygen atoms in total. The number of hydrogen-bond acceptors (Lipinski definition) is 9. The molecule has 2 aliphatic carbocycles. The number of ether oxygens (including phenoxy) is 1. The fourth-order valence-electron chi connectivity index (χ4n) is 8.21. The number of likely N-dealkylation sites (N-methyl/N-ethyl adjacent to an activating group) is 1. The molecule has 70 heavy (non-hydrogen) atoms. The van der Waals surface area contributed by atoms with Gasteiger partial charge in [-0.05, 0) is 94.2 Å². The van der Waals surface area contributed by atoms with Gasteiger partial charge in [-0.1, -0.05) is 146 Å². The molecule has 6 N–H and O–H groups in total. The lowest BCUT2D eigenvalue weighted by atomic mass is 9.79. The van der Waals surface area contributed by atoms with Gasteiger partial charge in [0, 0.05) is 31.5 Å². The predicted molar refractivity (Wildman–Crippen MR) is 279 cm³/mol. The molecular formula is C56H88N6O8. The maximum Gasteiger partial charge on any atom is 0.293 e. The first kappa shape index (κ1) is 60.6. The maximum absolute atomic E-state index is 13.5. The summed E-state index contributed by atoms with van der Waals surface area (Å²) in [4.78, 5) is 76.7. The minimum Gasteiger partial charge on any atom is -0.462 e. The molecule has 2 aromatic rings. The van der Waals surface area contributed by atoms with Gasteiger partial charge < -0.3 is 41.3 Å². The van der Waals surface area contributed by atoms with E-state index in [1.807, 2.05) is 83.2 Å². The van der Waals surface area contributed by atoms with Crippen LogP contribution in [-0.2, 0) is 39.9 Å². The molecule has 2 aromatic carbocycles. The molecule has 1 heterocycles. The summed E-state index contributed by atoms with van der Waals surface area (Å²) in [6, 6.07) is 15.4. The number of nitrogens with zero attached hydrogens (tertiary/aromatic N) is 1. The number of hydrogen-bond donors (Lipinski definition) is 6. The Morgan fingerprint density at radius 1 is 0.857 bits per heavy atom. The molecule has 0 bridgehead atoms. The maximum atomic E-state index is 13.5. The topological polar surface area (TPSA) is 195 Å². The first-order chi connectivity index (χ1) is 33.5. The van der Waals surface area contributed by atoms with Crippen LogP contribution in [0.1, 0.15) is 173 Å². The van der Waals surface area contributed by atoms with Gasteiger partial charge in [-0.15, -0.1) is 0 Å². The van der Waals surface area contributed by atoms with Gasteiger partial charge in [-0.3, -0.25) is 28.8 Å². The standard InChI is InChI=1S/C40H54N6O5.C7H14.C5H10O2.C4H10O/c1-5-13-32(44-37(40(51)41-4)30-16-8-7-9-17-30)25-43-38(49)27(3)33(14-6-2)45-39(50)34-21-12-22-46(34)36(48)26-42-35(47)24-28-15-10-20-31(23-28)29-18-11-19-29;1-7-5-3-2-4-6-7;1-5(2,3)7-4-6;1-2-3-4-5/h7-10,13,15-17,20,23,29,33-34,37,44H,3,5-6,11-12,14,18-19,21-22,24-26H2,1-2,4H3,(H,41,51)(H,42,47)(H,43,49)(H,45,50);7H,2-6H2,1H3;4H,1-3H3;5H,2-4H2,1H3/b32-13+;;;. The second-order valence-electron chi connectivity index (χ2n) is 19.5. The van der Waals surface area contributed by atoms with Crippen LogP contribution in [0.5, 0.6) is 0 Å². The van der Waals surface area contributed by atoms with Crippen LogP contribution in [0.25, 0.3) is 0 Å². The lowest BCUT2D eigenvalue weighted by Crippen LogP contribution is -2.52. The minimum atomic E-state index is -0.702. The summed E-state index contributed by atoms with van der Waals surface area (Å²) >= 11 is 0. The van der Waals surface area contributed by atoms with Crippen LogP contribution in [0.15, 0.2) is 78.5 Å². The lowest BCUT2D eigenvalue weighted by Gasteiger charge is -2.27. The van der Waals surface area contributed by atoms with Crippen LogP contribution >= 0.6 is 0 Å². The van der Waals surface area contributed by atoms with Gasteiger partial charge in [0.25, 0.3) is 6.47 Å². The van der Waals surface area contributed by atoms with Crippen molar-refractivity contribution in [2.24, 2.45) is 5.92 Å². The van der Waals surface area contributed by atoms with Gasteiger partial charge in [0.1, 0.15) is 17.7 Å². The van der Waals surface area contributed by atoms with E-state index in [1.54, 1.807) is 7.05 Å². The van der Waals surface area contributed by atoms with Crippen molar-refractivity contribution < 1.29 is 38.6 Å². The number of allylic oxidation sites excluding steroid dienone is 1. The summed E-state index contributed by atoms with van der Waals surface area (Å²) in [5.74, 6) is 0.0667. The van der Waals surface area contributed by atoms with E-state index in [-0.39, 0.29) is 54.3 Å². The Hall–Kier alpha value is -5.50. The van der Waals surface area contributed by atoms with E-state index >= 15 is 0 Å². The summed E-state index contributed by atoms with van der Waals surface area (Å²) < 4.78 is 4.55. The Morgan fingerprint density at radius 3 is 2.07 bits per heavy atom. The Balaban J connectivity index is 0.000000736. The van der Waals surface area contributed by atoms with Crippen molar-refractivity contribution in [1.29, 1.82) is 0 Å². The number of carbonyl (C=O) groups excluding carboxylic acids is 6. The number of unbranched alkanes of at least 4 members (excludes halogenated alkanes) is 1. The van der Waals surface area contributed by atoms with Crippen molar-refractivity contribution >= 4 is 36.0 Å². The Labute approximate surface area is 420 Å². The smallest absolute Gasteiger partial charge is 0.293 e. The summed E-state index contributed by atoms with van der Waals surface area (Å²) in [6.45, 7) is 19.0. The third kappa shape index (κ3) is 23.4. The number of aliphatic hydroxyl groups is 1. The molecule has 0 radical (unpaired) electrons. The molecule has 14 heteroatoms. The van der Waals surface area contributed by atoms with Crippen molar-refractivity contribution in [3.8, 4) is 0 Å². The van der Waals surface area contributed by atoms with E-state index in [2.05, 4.69) is 63.9 Å². The predicted octanol–water partition coefficient (Wildman–Crippen LogP) is 8.26. The van der Waals surface area contributed by atoms with E-state index in [4.69, 9.17) is 5.11 Å². The van der Waals surface area contributed by atoms with Crippen LogP contribution in [0.2, 0.25) is 0 Å². The lowest BCUT2D eigenvalue weighted by molar-refractivity contribution is -0.138. The van der Waals surface area contributed by atoms with Crippen molar-refractivity contribution in [2.75, 3.05) is 33.3 Å². The van der Waals surface area contributed by atoms with Crippen molar-refractivity contribution in [3.05, 3.63) is 95.2 Å². The molecule has 2 saturated carbocycles. The number of rotatable bonds is 21. The van der Waals surface area contributed by atoms with Gasteiger partial charge in [-0.25, -0.2) is 0 Å². The zero-order valence-electron chi connectivity index (χ0n) is 43.8. The van der Waals surface area contributed by atoms with E-state index in [0.717, 1.165) is 29.9 Å². The van der Waals surface area contributed by atoms with Crippen LogP contribution in [-0.4, -0.2) is 97.0 Å². The molecule has 390 valence electrons. The van der Waals surface area contributed by atoms with E-state index < -0.39 is 24.0 Å². The number of likely N-dealkylation sites (tertiary alicyclic amines) is 1.